The van der Waals surface area contributed by atoms with Crippen molar-refractivity contribution in [3.63, 3.8) is 0 Å². The molecule has 0 radical (unpaired) electrons. The van der Waals surface area contributed by atoms with Gasteiger partial charge in [0.15, 0.2) is 0 Å². The van der Waals surface area contributed by atoms with Crippen molar-refractivity contribution in [1.82, 2.24) is 5.32 Å². The Morgan fingerprint density at radius 2 is 1.47 bits per heavy atom. The van der Waals surface area contributed by atoms with Crippen LogP contribution in [0.15, 0.2) is 48.5 Å². The van der Waals surface area contributed by atoms with Gasteiger partial charge in [0.05, 0.1) is 0 Å². The first kappa shape index (κ1) is 13.7. The monoisotopic (exact) mass is 261 g/mol. The molecule has 19 heavy (non-hydrogen) atoms. The van der Waals surface area contributed by atoms with Crippen molar-refractivity contribution in [2.75, 3.05) is 0 Å². The van der Waals surface area contributed by atoms with Gasteiger partial charge < -0.3 is 5.32 Å². The number of nitrogens with one attached hydrogen (secondary N) is 1. The molecule has 2 atom stereocenters. The smallest absolute Gasteiger partial charge is 0.127 e. The number of benzene rings is 2. The molecule has 100 valence electrons. The summed E-state index contributed by atoms with van der Waals surface area (Å²) in [6, 6.07) is 13.0. The normalized spacial score (nSPS) is 14.1. The Balaban J connectivity index is 2.08. The molecule has 1 N–H and O–H groups in total. The molecule has 2 aromatic carbocycles. The molecule has 2 unspecified atom stereocenters. The molecule has 0 saturated carbocycles. The molecule has 0 spiro atoms. The predicted molar refractivity (Wildman–Crippen MR) is 72.8 cm³/mol. The number of hydrogen-bond acceptors (Lipinski definition) is 1. The van der Waals surface area contributed by atoms with E-state index < -0.39 is 0 Å². The van der Waals surface area contributed by atoms with Gasteiger partial charge in [-0.25, -0.2) is 8.78 Å². The molecule has 1 nitrogen and oxygen atoms in total. The van der Waals surface area contributed by atoms with Crippen LogP contribution in [-0.4, -0.2) is 0 Å². The quantitative estimate of drug-likeness (QED) is 0.861. The first-order valence-electron chi connectivity index (χ1n) is 6.34. The second-order valence-corrected chi connectivity index (χ2v) is 4.68. The number of hydrogen-bond donors (Lipinski definition) is 1. The zero-order chi connectivity index (χ0) is 13.8. The molecule has 0 aliphatic rings. The summed E-state index contributed by atoms with van der Waals surface area (Å²) < 4.78 is 26.5. The molecule has 0 aliphatic carbocycles. The molecule has 0 aromatic heterocycles. The Kier molecular flexibility index (Phi) is 4.27. The van der Waals surface area contributed by atoms with E-state index in [9.17, 15) is 8.78 Å². The van der Waals surface area contributed by atoms with Crippen molar-refractivity contribution in [2.24, 2.45) is 0 Å². The minimum absolute atomic E-state index is 0.0233. The molecule has 0 fully saturated rings. The maximum absolute atomic E-state index is 13.7. The topological polar surface area (TPSA) is 12.0 Å². The van der Waals surface area contributed by atoms with Gasteiger partial charge in [-0.05, 0) is 37.6 Å². The summed E-state index contributed by atoms with van der Waals surface area (Å²) in [5.41, 5.74) is 1.61. The van der Waals surface area contributed by atoms with Crippen LogP contribution in [0.25, 0.3) is 0 Å². The van der Waals surface area contributed by atoms with E-state index in [0.29, 0.717) is 5.56 Å². The summed E-state index contributed by atoms with van der Waals surface area (Å²) in [5.74, 6) is -0.466. The average Bonchev–Trinajstić information content (AvgIpc) is 2.39. The molecule has 0 saturated heterocycles. The van der Waals surface area contributed by atoms with Gasteiger partial charge >= 0.3 is 0 Å². The summed E-state index contributed by atoms with van der Waals surface area (Å²) in [5, 5.41) is 3.31. The Hall–Kier alpha value is -1.74. The first-order chi connectivity index (χ1) is 9.08. The highest BCUT2D eigenvalue weighted by atomic mass is 19.1. The predicted octanol–water partition coefficient (Wildman–Crippen LogP) is 4.38. The van der Waals surface area contributed by atoms with E-state index in [0.717, 1.165) is 5.56 Å². The van der Waals surface area contributed by atoms with Crippen LogP contribution in [0.4, 0.5) is 8.78 Å². The molecular weight excluding hydrogens is 244 g/mol. The van der Waals surface area contributed by atoms with Gasteiger partial charge in [-0.3, -0.25) is 0 Å². The summed E-state index contributed by atoms with van der Waals surface area (Å²) in [6.45, 7) is 3.89. The lowest BCUT2D eigenvalue weighted by Gasteiger charge is -2.21. The lowest BCUT2D eigenvalue weighted by molar-refractivity contribution is 0.473. The molecular formula is C16H17F2N. The Bertz CT molecular complexity index is 537. The van der Waals surface area contributed by atoms with E-state index in [1.807, 2.05) is 19.9 Å². The van der Waals surface area contributed by atoms with Gasteiger partial charge in [0, 0.05) is 17.6 Å². The third kappa shape index (κ3) is 3.38. The van der Waals surface area contributed by atoms with Crippen LogP contribution < -0.4 is 5.32 Å². The van der Waals surface area contributed by atoms with Crippen molar-refractivity contribution in [2.45, 2.75) is 25.9 Å². The minimum Gasteiger partial charge on any atom is -0.304 e. The second-order valence-electron chi connectivity index (χ2n) is 4.68. The molecule has 2 aromatic rings. The van der Waals surface area contributed by atoms with Crippen LogP contribution in [0.2, 0.25) is 0 Å². The lowest BCUT2D eigenvalue weighted by atomic mass is 10.0. The average molecular weight is 261 g/mol. The molecule has 0 amide bonds. The van der Waals surface area contributed by atoms with E-state index in [2.05, 4.69) is 5.32 Å². The van der Waals surface area contributed by atoms with Crippen LogP contribution in [-0.2, 0) is 0 Å². The Morgan fingerprint density at radius 3 is 2.11 bits per heavy atom. The summed E-state index contributed by atoms with van der Waals surface area (Å²) in [4.78, 5) is 0. The SMILES string of the molecule is CC(NC(C)c1ccccc1F)c1ccc(F)cc1. The van der Waals surface area contributed by atoms with Crippen LogP contribution in [0, 0.1) is 11.6 Å². The summed E-state index contributed by atoms with van der Waals surface area (Å²) in [7, 11) is 0. The molecule has 0 aliphatic heterocycles. The summed E-state index contributed by atoms with van der Waals surface area (Å²) >= 11 is 0. The molecule has 2 rings (SSSR count). The maximum atomic E-state index is 13.7. The van der Waals surface area contributed by atoms with E-state index >= 15 is 0 Å². The fourth-order valence-corrected chi connectivity index (χ4v) is 2.14. The first-order valence-corrected chi connectivity index (χ1v) is 6.34. The van der Waals surface area contributed by atoms with Crippen LogP contribution in [0.5, 0.6) is 0 Å². The van der Waals surface area contributed by atoms with Crippen LogP contribution in [0.1, 0.15) is 37.1 Å². The third-order valence-corrected chi connectivity index (χ3v) is 3.24. The summed E-state index contributed by atoms with van der Waals surface area (Å²) in [6.07, 6.45) is 0. The van der Waals surface area contributed by atoms with Gasteiger partial charge in [0.25, 0.3) is 0 Å². The van der Waals surface area contributed by atoms with Crippen LogP contribution in [0.3, 0.4) is 0 Å². The standard InChI is InChI=1S/C16H17F2N/c1-11(13-7-9-14(17)10-8-13)19-12(2)15-5-3-4-6-16(15)18/h3-12,19H,1-2H3. The van der Waals surface area contributed by atoms with E-state index in [1.165, 1.54) is 18.2 Å². The highest BCUT2D eigenvalue weighted by Gasteiger charge is 2.13. The minimum atomic E-state index is -0.252. The molecule has 0 heterocycles. The lowest BCUT2D eigenvalue weighted by Crippen LogP contribution is -2.23. The van der Waals surface area contributed by atoms with Gasteiger partial charge in [-0.15, -0.1) is 0 Å². The van der Waals surface area contributed by atoms with Crippen molar-refractivity contribution in [1.29, 1.82) is 0 Å². The van der Waals surface area contributed by atoms with Gasteiger partial charge in [-0.2, -0.15) is 0 Å². The highest BCUT2D eigenvalue weighted by Crippen LogP contribution is 2.21. The third-order valence-electron chi connectivity index (χ3n) is 3.24. The fraction of sp³-hybridized carbons (Fsp3) is 0.250. The van der Waals surface area contributed by atoms with Gasteiger partial charge in [0.1, 0.15) is 11.6 Å². The Labute approximate surface area is 112 Å². The van der Waals surface area contributed by atoms with Crippen molar-refractivity contribution in [3.05, 3.63) is 71.3 Å². The van der Waals surface area contributed by atoms with Gasteiger partial charge in [0.2, 0.25) is 0 Å². The van der Waals surface area contributed by atoms with E-state index in [-0.39, 0.29) is 23.7 Å². The highest BCUT2D eigenvalue weighted by molar-refractivity contribution is 5.23. The van der Waals surface area contributed by atoms with Crippen molar-refractivity contribution >= 4 is 0 Å². The molecule has 0 bridgehead atoms. The second kappa shape index (κ2) is 5.93. The van der Waals surface area contributed by atoms with E-state index in [1.54, 1.807) is 24.3 Å². The number of halogens is 2. The van der Waals surface area contributed by atoms with Gasteiger partial charge in [-0.1, -0.05) is 30.3 Å². The number of rotatable bonds is 4. The Morgan fingerprint density at radius 1 is 0.842 bits per heavy atom. The maximum Gasteiger partial charge on any atom is 0.127 e. The zero-order valence-corrected chi connectivity index (χ0v) is 11.0. The van der Waals surface area contributed by atoms with Crippen LogP contribution >= 0.6 is 0 Å². The van der Waals surface area contributed by atoms with Crippen molar-refractivity contribution in [3.8, 4) is 0 Å². The van der Waals surface area contributed by atoms with E-state index in [4.69, 9.17) is 0 Å². The largest absolute Gasteiger partial charge is 0.304 e. The fourth-order valence-electron chi connectivity index (χ4n) is 2.14. The molecule has 3 heteroatoms. The van der Waals surface area contributed by atoms with Crippen molar-refractivity contribution < 1.29 is 8.78 Å². The zero-order valence-electron chi connectivity index (χ0n) is 11.0.